The fourth-order valence-electron chi connectivity index (χ4n) is 0.790. The van der Waals surface area contributed by atoms with Crippen LogP contribution in [0.4, 0.5) is 5.82 Å². The summed E-state index contributed by atoms with van der Waals surface area (Å²) in [7, 11) is 1.65. The van der Waals surface area contributed by atoms with Crippen LogP contribution in [0.2, 0.25) is 0 Å². The lowest BCUT2D eigenvalue weighted by atomic mass is 10.4. The highest BCUT2D eigenvalue weighted by Crippen LogP contribution is 2.05. The minimum absolute atomic E-state index is 0.176. The van der Waals surface area contributed by atoms with E-state index in [9.17, 15) is 4.79 Å². The van der Waals surface area contributed by atoms with Crippen LogP contribution in [0.3, 0.4) is 0 Å². The molecule has 0 bridgehead atoms. The Hall–Kier alpha value is -1.78. The highest BCUT2D eigenvalue weighted by molar-refractivity contribution is 5.88. The number of carbonyl (C=O) groups excluding carboxylic acids is 1. The summed E-state index contributed by atoms with van der Waals surface area (Å²) in [6.07, 6.45) is 1.49. The molecule has 1 rings (SSSR count). The van der Waals surface area contributed by atoms with Gasteiger partial charge in [-0.3, -0.25) is 4.68 Å². The Bertz CT molecular complexity index is 311. The van der Waals surface area contributed by atoms with Crippen molar-refractivity contribution in [3.05, 3.63) is 24.4 Å². The van der Waals surface area contributed by atoms with Crippen LogP contribution in [-0.2, 0) is 11.8 Å². The molecule has 13 heavy (non-hydrogen) atoms. The fourth-order valence-corrected chi connectivity index (χ4v) is 0.790. The average Bonchev–Trinajstić information content (AvgIpc) is 2.43. The predicted octanol–water partition coefficient (Wildman–Crippen LogP) is 0.345. The molecule has 0 atom stereocenters. The third kappa shape index (κ3) is 2.08. The number of nitrogens with two attached hydrogens (primary N) is 1. The lowest BCUT2D eigenvalue weighted by Gasteiger charge is -1.96. The average molecular weight is 181 g/mol. The Morgan fingerprint density at radius 2 is 2.62 bits per heavy atom. The summed E-state index contributed by atoms with van der Waals surface area (Å²) in [5, 5.41) is 3.85. The Morgan fingerprint density at radius 1 is 1.92 bits per heavy atom. The summed E-state index contributed by atoms with van der Waals surface area (Å²) >= 11 is 0. The maximum Gasteiger partial charge on any atom is 0.359 e. The van der Waals surface area contributed by atoms with E-state index >= 15 is 0 Å². The molecule has 0 aromatic carbocycles. The van der Waals surface area contributed by atoms with Gasteiger partial charge in [-0.1, -0.05) is 12.7 Å². The highest BCUT2D eigenvalue weighted by Gasteiger charge is 2.11. The zero-order chi connectivity index (χ0) is 9.84. The van der Waals surface area contributed by atoms with Gasteiger partial charge in [-0.15, -0.1) is 0 Å². The van der Waals surface area contributed by atoms with Crippen molar-refractivity contribution < 1.29 is 9.53 Å². The van der Waals surface area contributed by atoms with E-state index < -0.39 is 5.97 Å². The fraction of sp³-hybridized carbons (Fsp3) is 0.250. The van der Waals surface area contributed by atoms with Crippen molar-refractivity contribution in [1.82, 2.24) is 9.78 Å². The van der Waals surface area contributed by atoms with Crippen LogP contribution in [0, 0.1) is 0 Å². The highest BCUT2D eigenvalue weighted by atomic mass is 16.5. The molecule has 0 spiro atoms. The van der Waals surface area contributed by atoms with Gasteiger partial charge in [0.05, 0.1) is 0 Å². The van der Waals surface area contributed by atoms with Crippen LogP contribution in [0.25, 0.3) is 0 Å². The van der Waals surface area contributed by atoms with Crippen molar-refractivity contribution in [3.8, 4) is 0 Å². The number of anilines is 1. The molecule has 1 aromatic rings. The van der Waals surface area contributed by atoms with Crippen LogP contribution >= 0.6 is 0 Å². The van der Waals surface area contributed by atoms with Crippen LogP contribution in [0.15, 0.2) is 18.7 Å². The number of aryl methyl sites for hydroxylation is 1. The monoisotopic (exact) mass is 181 g/mol. The van der Waals surface area contributed by atoms with E-state index in [2.05, 4.69) is 11.7 Å². The van der Waals surface area contributed by atoms with Crippen molar-refractivity contribution in [2.24, 2.45) is 7.05 Å². The zero-order valence-electron chi connectivity index (χ0n) is 7.36. The summed E-state index contributed by atoms with van der Waals surface area (Å²) in [6.45, 7) is 3.60. The molecule has 5 heteroatoms. The van der Waals surface area contributed by atoms with Gasteiger partial charge < -0.3 is 10.5 Å². The summed E-state index contributed by atoms with van der Waals surface area (Å²) in [6, 6.07) is 1.46. The topological polar surface area (TPSA) is 70.1 Å². The first kappa shape index (κ1) is 9.31. The lowest BCUT2D eigenvalue weighted by molar-refractivity contribution is 0.0542. The maximum absolute atomic E-state index is 11.2. The zero-order valence-corrected chi connectivity index (χ0v) is 7.36. The molecule has 0 aliphatic heterocycles. The number of rotatable bonds is 3. The number of nitrogen functional groups attached to an aromatic ring is 1. The van der Waals surface area contributed by atoms with E-state index in [1.54, 1.807) is 7.05 Å². The third-order valence-corrected chi connectivity index (χ3v) is 1.46. The number of hydrogen-bond donors (Lipinski definition) is 1. The van der Waals surface area contributed by atoms with Gasteiger partial charge >= 0.3 is 5.97 Å². The molecule has 0 amide bonds. The van der Waals surface area contributed by atoms with Crippen LogP contribution in [0.5, 0.6) is 0 Å². The molecule has 5 nitrogen and oxygen atoms in total. The van der Waals surface area contributed by atoms with Crippen LogP contribution in [0.1, 0.15) is 10.5 Å². The summed E-state index contributed by atoms with van der Waals surface area (Å²) in [5.41, 5.74) is 5.69. The van der Waals surface area contributed by atoms with E-state index in [1.165, 1.54) is 16.8 Å². The van der Waals surface area contributed by atoms with Gasteiger partial charge in [0.25, 0.3) is 0 Å². The first-order valence-electron chi connectivity index (χ1n) is 3.72. The van der Waals surface area contributed by atoms with Gasteiger partial charge in [0.15, 0.2) is 5.69 Å². The maximum atomic E-state index is 11.2. The normalized spacial score (nSPS) is 9.62. The summed E-state index contributed by atoms with van der Waals surface area (Å²) in [4.78, 5) is 11.2. The Labute approximate surface area is 75.8 Å². The molecule has 70 valence electrons. The van der Waals surface area contributed by atoms with E-state index in [1.807, 2.05) is 0 Å². The number of carbonyl (C=O) groups is 1. The molecule has 0 unspecified atom stereocenters. The van der Waals surface area contributed by atoms with E-state index in [-0.39, 0.29) is 12.3 Å². The lowest BCUT2D eigenvalue weighted by Crippen LogP contribution is -2.06. The van der Waals surface area contributed by atoms with Gasteiger partial charge in [-0.2, -0.15) is 5.10 Å². The molecule has 0 saturated carbocycles. The standard InChI is InChI=1S/C8H11N3O2/c1-3-4-13-8(12)6-5-7(9)11(2)10-6/h3,5H,1,4,9H2,2H3. The molecular formula is C8H11N3O2. The number of ether oxygens (including phenoxy) is 1. The smallest absolute Gasteiger partial charge is 0.359 e. The Kier molecular flexibility index (Phi) is 2.69. The summed E-state index contributed by atoms with van der Waals surface area (Å²) in [5.74, 6) is -0.0715. The van der Waals surface area contributed by atoms with E-state index in [4.69, 9.17) is 10.5 Å². The largest absolute Gasteiger partial charge is 0.457 e. The van der Waals surface area contributed by atoms with Crippen LogP contribution in [-0.4, -0.2) is 22.4 Å². The Morgan fingerprint density at radius 3 is 3.08 bits per heavy atom. The number of esters is 1. The second-order valence-electron chi connectivity index (χ2n) is 2.47. The van der Waals surface area contributed by atoms with Gasteiger partial charge in [-0.25, -0.2) is 4.79 Å². The van der Waals surface area contributed by atoms with Gasteiger partial charge in [0.2, 0.25) is 0 Å². The van der Waals surface area contributed by atoms with Crippen molar-refractivity contribution in [2.45, 2.75) is 0 Å². The second kappa shape index (κ2) is 3.75. The Balaban J connectivity index is 2.71. The van der Waals surface area contributed by atoms with Crippen molar-refractivity contribution in [3.63, 3.8) is 0 Å². The third-order valence-electron chi connectivity index (χ3n) is 1.46. The minimum Gasteiger partial charge on any atom is -0.457 e. The van der Waals surface area contributed by atoms with Gasteiger partial charge in [0, 0.05) is 13.1 Å². The number of aromatic nitrogens is 2. The van der Waals surface area contributed by atoms with Gasteiger partial charge in [0.1, 0.15) is 12.4 Å². The quantitative estimate of drug-likeness (QED) is 0.539. The molecule has 2 N–H and O–H groups in total. The number of hydrogen-bond acceptors (Lipinski definition) is 4. The first-order valence-corrected chi connectivity index (χ1v) is 3.72. The van der Waals surface area contributed by atoms with Crippen LogP contribution < -0.4 is 5.73 Å². The SMILES string of the molecule is C=CCOC(=O)c1cc(N)n(C)n1. The first-order chi connectivity index (χ1) is 6.15. The number of nitrogens with zero attached hydrogens (tertiary/aromatic N) is 2. The van der Waals surface area contributed by atoms with Crippen molar-refractivity contribution in [2.75, 3.05) is 12.3 Å². The predicted molar refractivity (Wildman–Crippen MR) is 48.1 cm³/mol. The molecular weight excluding hydrogens is 170 g/mol. The molecule has 0 aliphatic carbocycles. The van der Waals surface area contributed by atoms with E-state index in [0.29, 0.717) is 5.82 Å². The van der Waals surface area contributed by atoms with Gasteiger partial charge in [-0.05, 0) is 0 Å². The van der Waals surface area contributed by atoms with Crippen molar-refractivity contribution in [1.29, 1.82) is 0 Å². The molecule has 1 heterocycles. The molecule has 0 aliphatic rings. The molecule has 1 aromatic heterocycles. The van der Waals surface area contributed by atoms with E-state index in [0.717, 1.165) is 0 Å². The molecule has 0 radical (unpaired) electrons. The summed E-state index contributed by atoms with van der Waals surface area (Å²) < 4.78 is 6.16. The minimum atomic E-state index is -0.493. The van der Waals surface area contributed by atoms with Crippen molar-refractivity contribution >= 4 is 11.8 Å². The molecule has 0 fully saturated rings. The molecule has 0 saturated heterocycles. The second-order valence-corrected chi connectivity index (χ2v) is 2.47.